The summed E-state index contributed by atoms with van der Waals surface area (Å²) < 4.78 is 0. The summed E-state index contributed by atoms with van der Waals surface area (Å²) in [6.07, 6.45) is 6.99. The van der Waals surface area contributed by atoms with Gasteiger partial charge in [-0.1, -0.05) is 70.2 Å². The molecule has 0 radical (unpaired) electrons. The van der Waals surface area contributed by atoms with Crippen molar-refractivity contribution in [1.29, 1.82) is 0 Å². The van der Waals surface area contributed by atoms with E-state index in [2.05, 4.69) is 43.6 Å². The van der Waals surface area contributed by atoms with Crippen LogP contribution in [-0.2, 0) is 4.79 Å². The van der Waals surface area contributed by atoms with Gasteiger partial charge in [0.15, 0.2) is 0 Å². The second kappa shape index (κ2) is 11.5. The zero-order valence-corrected chi connectivity index (χ0v) is 16.9. The molecule has 3 amide bonds. The maximum Gasteiger partial charge on any atom is 0.362 e. The SMILES string of the molecule is CC(C)CNN(C(=O)CCC(C)(C)CCC=Cc1ccccc1)C(=O)NO. The number of rotatable bonds is 10. The highest BCUT2D eigenvalue weighted by atomic mass is 16.5. The average Bonchev–Trinajstić information content (AvgIpc) is 2.64. The van der Waals surface area contributed by atoms with Crippen LogP contribution in [0.2, 0.25) is 0 Å². The predicted octanol–water partition coefficient (Wildman–Crippen LogP) is 4.37. The molecule has 27 heavy (non-hydrogen) atoms. The third-order valence-electron chi connectivity index (χ3n) is 4.32. The largest absolute Gasteiger partial charge is 0.362 e. The van der Waals surface area contributed by atoms with Crippen molar-refractivity contribution in [2.24, 2.45) is 11.3 Å². The van der Waals surface area contributed by atoms with E-state index in [1.807, 2.05) is 32.0 Å². The summed E-state index contributed by atoms with van der Waals surface area (Å²) in [5, 5.41) is 9.71. The third-order valence-corrected chi connectivity index (χ3v) is 4.32. The molecule has 0 saturated carbocycles. The first-order valence-electron chi connectivity index (χ1n) is 9.47. The molecule has 0 aromatic heterocycles. The van der Waals surface area contributed by atoms with Crippen molar-refractivity contribution in [2.45, 2.75) is 53.4 Å². The van der Waals surface area contributed by atoms with E-state index in [0.29, 0.717) is 13.0 Å². The number of amides is 3. The minimum Gasteiger partial charge on any atom is -0.287 e. The lowest BCUT2D eigenvalue weighted by Gasteiger charge is -2.26. The van der Waals surface area contributed by atoms with Crippen LogP contribution >= 0.6 is 0 Å². The fourth-order valence-corrected chi connectivity index (χ4v) is 2.54. The van der Waals surface area contributed by atoms with E-state index in [4.69, 9.17) is 5.21 Å². The molecule has 0 fully saturated rings. The Morgan fingerprint density at radius 2 is 1.85 bits per heavy atom. The molecule has 0 unspecified atom stereocenters. The highest BCUT2D eigenvalue weighted by molar-refractivity contribution is 5.93. The molecular formula is C21H33N3O3. The van der Waals surface area contributed by atoms with E-state index in [1.165, 1.54) is 11.0 Å². The van der Waals surface area contributed by atoms with Gasteiger partial charge in [0.1, 0.15) is 0 Å². The summed E-state index contributed by atoms with van der Waals surface area (Å²) in [6.45, 7) is 8.65. The van der Waals surface area contributed by atoms with Gasteiger partial charge >= 0.3 is 6.03 Å². The molecule has 0 aliphatic carbocycles. The second-order valence-electron chi connectivity index (χ2n) is 7.92. The van der Waals surface area contributed by atoms with Gasteiger partial charge in [0.2, 0.25) is 5.91 Å². The Balaban J connectivity index is 2.48. The standard InChI is InChI=1S/C21H33N3O3/c1-17(2)16-22-24(20(26)23-27)19(25)13-15-21(3,4)14-9-8-12-18-10-6-5-7-11-18/h5-8,10-12,17,22,27H,9,13-16H2,1-4H3,(H,23,26). The highest BCUT2D eigenvalue weighted by Gasteiger charge is 2.24. The van der Waals surface area contributed by atoms with Crippen LogP contribution in [0, 0.1) is 11.3 Å². The van der Waals surface area contributed by atoms with Crippen molar-refractivity contribution in [3.63, 3.8) is 0 Å². The first kappa shape index (κ1) is 22.9. The number of hydrogen-bond donors (Lipinski definition) is 3. The summed E-state index contributed by atoms with van der Waals surface area (Å²) in [5.74, 6) is -0.0882. The van der Waals surface area contributed by atoms with E-state index < -0.39 is 6.03 Å². The Morgan fingerprint density at radius 3 is 2.44 bits per heavy atom. The van der Waals surface area contributed by atoms with Crippen LogP contribution in [-0.4, -0.2) is 28.7 Å². The van der Waals surface area contributed by atoms with Crippen LogP contribution in [0.3, 0.4) is 0 Å². The molecule has 6 heteroatoms. The number of nitrogens with zero attached hydrogens (tertiary/aromatic N) is 1. The van der Waals surface area contributed by atoms with Gasteiger partial charge in [0.05, 0.1) is 0 Å². The van der Waals surface area contributed by atoms with E-state index in [1.54, 1.807) is 0 Å². The Bertz CT molecular complexity index is 612. The molecule has 1 aromatic carbocycles. The van der Waals surface area contributed by atoms with Crippen LogP contribution in [0.1, 0.15) is 58.9 Å². The molecule has 6 nitrogen and oxygen atoms in total. The predicted molar refractivity (Wildman–Crippen MR) is 108 cm³/mol. The van der Waals surface area contributed by atoms with Crippen molar-refractivity contribution < 1.29 is 14.8 Å². The number of urea groups is 1. The monoisotopic (exact) mass is 375 g/mol. The fourth-order valence-electron chi connectivity index (χ4n) is 2.54. The minimum atomic E-state index is -0.857. The molecule has 0 bridgehead atoms. The van der Waals surface area contributed by atoms with Gasteiger partial charge in [0, 0.05) is 13.0 Å². The molecule has 0 aliphatic rings. The van der Waals surface area contributed by atoms with Gasteiger partial charge in [-0.2, -0.15) is 5.01 Å². The Labute approximate surface area is 162 Å². The van der Waals surface area contributed by atoms with Crippen LogP contribution in [0.5, 0.6) is 0 Å². The van der Waals surface area contributed by atoms with Crippen LogP contribution in [0.25, 0.3) is 6.08 Å². The van der Waals surface area contributed by atoms with Gasteiger partial charge in [0.25, 0.3) is 0 Å². The van der Waals surface area contributed by atoms with Crippen LogP contribution < -0.4 is 10.9 Å². The van der Waals surface area contributed by atoms with Crippen molar-refractivity contribution in [2.75, 3.05) is 6.54 Å². The lowest BCUT2D eigenvalue weighted by molar-refractivity contribution is -0.132. The zero-order valence-electron chi connectivity index (χ0n) is 16.9. The first-order valence-corrected chi connectivity index (χ1v) is 9.47. The van der Waals surface area contributed by atoms with Crippen molar-refractivity contribution in [1.82, 2.24) is 15.9 Å². The summed E-state index contributed by atoms with van der Waals surface area (Å²) >= 11 is 0. The Morgan fingerprint density at radius 1 is 1.19 bits per heavy atom. The molecule has 0 heterocycles. The number of nitrogens with one attached hydrogen (secondary N) is 2. The van der Waals surface area contributed by atoms with Gasteiger partial charge in [-0.25, -0.2) is 15.7 Å². The van der Waals surface area contributed by atoms with Crippen molar-refractivity contribution in [3.8, 4) is 0 Å². The lowest BCUT2D eigenvalue weighted by Crippen LogP contribution is -2.52. The molecule has 3 N–H and O–H groups in total. The molecule has 0 aliphatic heterocycles. The van der Waals surface area contributed by atoms with Crippen LogP contribution in [0.4, 0.5) is 4.79 Å². The van der Waals surface area contributed by atoms with E-state index in [9.17, 15) is 9.59 Å². The quantitative estimate of drug-likeness (QED) is 0.419. The highest BCUT2D eigenvalue weighted by Crippen LogP contribution is 2.29. The summed E-state index contributed by atoms with van der Waals surface area (Å²) in [5.41, 5.74) is 5.44. The number of imide groups is 1. The van der Waals surface area contributed by atoms with Gasteiger partial charge in [-0.3, -0.25) is 10.0 Å². The average molecular weight is 376 g/mol. The van der Waals surface area contributed by atoms with Gasteiger partial charge < -0.3 is 0 Å². The number of hydrogen-bond acceptors (Lipinski definition) is 4. The maximum absolute atomic E-state index is 12.4. The Kier molecular flexibility index (Phi) is 9.75. The number of hydrazine groups is 1. The molecule has 0 saturated heterocycles. The van der Waals surface area contributed by atoms with Crippen LogP contribution in [0.15, 0.2) is 36.4 Å². The summed E-state index contributed by atoms with van der Waals surface area (Å²) in [7, 11) is 0. The number of carbonyl (C=O) groups is 2. The molecule has 150 valence electrons. The summed E-state index contributed by atoms with van der Waals surface area (Å²) in [6, 6.07) is 9.28. The number of carbonyl (C=O) groups excluding carboxylic acids is 2. The third kappa shape index (κ3) is 9.35. The van der Waals surface area contributed by atoms with E-state index in [-0.39, 0.29) is 23.7 Å². The summed E-state index contributed by atoms with van der Waals surface area (Å²) in [4.78, 5) is 24.1. The number of allylic oxidation sites excluding steroid dienone is 1. The zero-order chi connectivity index (χ0) is 20.3. The van der Waals surface area contributed by atoms with E-state index >= 15 is 0 Å². The molecular weight excluding hydrogens is 342 g/mol. The molecule has 0 atom stereocenters. The maximum atomic E-state index is 12.4. The van der Waals surface area contributed by atoms with E-state index in [0.717, 1.165) is 17.9 Å². The fraction of sp³-hybridized carbons (Fsp3) is 0.524. The normalized spacial score (nSPS) is 11.8. The number of benzene rings is 1. The van der Waals surface area contributed by atoms with Gasteiger partial charge in [-0.05, 0) is 36.2 Å². The minimum absolute atomic E-state index is 0.0317. The molecule has 1 aromatic rings. The topological polar surface area (TPSA) is 81.7 Å². The van der Waals surface area contributed by atoms with Gasteiger partial charge in [-0.15, -0.1) is 0 Å². The Hall–Kier alpha value is -2.18. The lowest BCUT2D eigenvalue weighted by atomic mass is 9.83. The second-order valence-corrected chi connectivity index (χ2v) is 7.92. The number of hydroxylamine groups is 1. The van der Waals surface area contributed by atoms with Crippen molar-refractivity contribution >= 4 is 18.0 Å². The first-order chi connectivity index (χ1) is 12.7. The molecule has 1 rings (SSSR count). The van der Waals surface area contributed by atoms with Crippen molar-refractivity contribution in [3.05, 3.63) is 42.0 Å². The smallest absolute Gasteiger partial charge is 0.287 e. The molecule has 0 spiro atoms.